The highest BCUT2D eigenvalue weighted by Gasteiger charge is 2.44. The maximum Gasteiger partial charge on any atom is 0.217 e. The minimum atomic E-state index is -0.761. The highest BCUT2D eigenvalue weighted by molar-refractivity contribution is 5.73. The van der Waals surface area contributed by atoms with E-state index in [2.05, 4.69) is 66.1 Å². The normalized spacial score (nSPS) is 15.5. The highest BCUT2D eigenvalue weighted by Crippen LogP contribution is 2.46. The van der Waals surface area contributed by atoms with Crippen LogP contribution in [0.4, 0.5) is 15.9 Å². The molecule has 1 heterocycles. The lowest BCUT2D eigenvalue weighted by Gasteiger charge is -2.28. The van der Waals surface area contributed by atoms with Gasteiger partial charge >= 0.3 is 0 Å². The van der Waals surface area contributed by atoms with Crippen molar-refractivity contribution < 1.29 is 14.3 Å². The number of amides is 1. The average molecular weight is 584 g/mol. The van der Waals surface area contributed by atoms with Gasteiger partial charge in [0.2, 0.25) is 5.91 Å². The molecule has 1 aliphatic carbocycles. The second-order valence-electron chi connectivity index (χ2n) is 12.7. The van der Waals surface area contributed by atoms with E-state index in [1.54, 1.807) is 16.8 Å². The molecule has 1 saturated carbocycles. The summed E-state index contributed by atoms with van der Waals surface area (Å²) < 4.78 is 15.1. The number of aromatic nitrogens is 2. The first-order chi connectivity index (χ1) is 20.4. The zero-order valence-corrected chi connectivity index (χ0v) is 25.6. The lowest BCUT2D eigenvalue weighted by molar-refractivity contribution is -0.120. The van der Waals surface area contributed by atoms with Crippen LogP contribution < -0.4 is 16.0 Å². The number of halogens is 1. The molecule has 0 radical (unpaired) electrons. The van der Waals surface area contributed by atoms with Crippen molar-refractivity contribution in [2.45, 2.75) is 70.1 Å². The molecule has 1 fully saturated rings. The summed E-state index contributed by atoms with van der Waals surface area (Å²) in [6, 6.07) is 24.4. The topological polar surface area (TPSA) is 91.2 Å². The fourth-order valence-corrected chi connectivity index (χ4v) is 5.51. The van der Waals surface area contributed by atoms with Crippen molar-refractivity contribution in [3.05, 3.63) is 101 Å². The molecule has 4 aromatic rings. The smallest absolute Gasteiger partial charge is 0.217 e. The van der Waals surface area contributed by atoms with Crippen LogP contribution in [0.3, 0.4) is 0 Å². The second kappa shape index (κ2) is 12.3. The van der Waals surface area contributed by atoms with Gasteiger partial charge in [0.15, 0.2) is 5.82 Å². The maximum atomic E-state index is 13.3. The van der Waals surface area contributed by atoms with Gasteiger partial charge in [-0.3, -0.25) is 9.48 Å². The monoisotopic (exact) mass is 583 g/mol. The largest absolute Gasteiger partial charge is 0.390 e. The van der Waals surface area contributed by atoms with Crippen LogP contribution in [0.5, 0.6) is 0 Å². The van der Waals surface area contributed by atoms with Crippen molar-refractivity contribution in [2.24, 2.45) is 7.05 Å². The maximum absolute atomic E-state index is 13.3. The molecule has 1 amide bonds. The van der Waals surface area contributed by atoms with Crippen molar-refractivity contribution in [1.29, 1.82) is 0 Å². The van der Waals surface area contributed by atoms with E-state index in [4.69, 9.17) is 0 Å². The van der Waals surface area contributed by atoms with Crippen LogP contribution in [0.2, 0.25) is 0 Å². The lowest BCUT2D eigenvalue weighted by Crippen LogP contribution is -2.49. The van der Waals surface area contributed by atoms with Crippen molar-refractivity contribution in [3.63, 3.8) is 0 Å². The van der Waals surface area contributed by atoms with Crippen LogP contribution in [0, 0.1) is 5.82 Å². The van der Waals surface area contributed by atoms with Crippen molar-refractivity contribution in [3.8, 4) is 11.3 Å². The van der Waals surface area contributed by atoms with E-state index in [-0.39, 0.29) is 22.7 Å². The predicted octanol–water partition coefficient (Wildman–Crippen LogP) is 5.95. The molecule has 1 aromatic heterocycles. The minimum absolute atomic E-state index is 0.0672. The van der Waals surface area contributed by atoms with Gasteiger partial charge in [0.25, 0.3) is 0 Å². The van der Waals surface area contributed by atoms with Crippen LogP contribution in [-0.4, -0.2) is 39.5 Å². The second-order valence-corrected chi connectivity index (χ2v) is 12.7. The summed E-state index contributed by atoms with van der Waals surface area (Å²) in [5, 5.41) is 25.6. The van der Waals surface area contributed by atoms with Gasteiger partial charge in [-0.15, -0.1) is 0 Å². The van der Waals surface area contributed by atoms with E-state index in [0.717, 1.165) is 35.3 Å². The molecule has 5 rings (SSSR count). The molecular formula is C35H42FN5O2. The summed E-state index contributed by atoms with van der Waals surface area (Å²) in [5.41, 5.74) is 6.09. The Kier molecular flexibility index (Phi) is 8.71. The number of nitrogens with zero attached hydrogens (tertiary/aromatic N) is 2. The Labute approximate surface area is 253 Å². The third-order valence-corrected chi connectivity index (χ3v) is 8.24. The number of hydrogen-bond donors (Lipinski definition) is 4. The molecule has 0 spiro atoms. The number of hydrogen-bond acceptors (Lipinski definition) is 5. The van der Waals surface area contributed by atoms with Crippen LogP contribution in [0.15, 0.2) is 78.9 Å². The summed E-state index contributed by atoms with van der Waals surface area (Å²) in [6.45, 7) is 8.50. The van der Waals surface area contributed by atoms with E-state index in [1.807, 2.05) is 37.4 Å². The Balaban J connectivity index is 1.21. The van der Waals surface area contributed by atoms with Crippen molar-refractivity contribution >= 4 is 17.4 Å². The number of anilines is 2. The van der Waals surface area contributed by atoms with E-state index < -0.39 is 12.1 Å². The first-order valence-electron chi connectivity index (χ1n) is 14.9. The van der Waals surface area contributed by atoms with Gasteiger partial charge in [-0.05, 0) is 77.8 Å². The SMILES string of the molecule is CC(=O)N[C@@H](Cc1ccc(Nc2cc(-c3ccc(F)cc3)n(C)n2)cc1)[C@H](O)CNC1(c2cccc(C(C)(C)C)c2)CC1. The van der Waals surface area contributed by atoms with Gasteiger partial charge < -0.3 is 21.1 Å². The van der Waals surface area contributed by atoms with Crippen LogP contribution in [-0.2, 0) is 29.2 Å². The Morgan fingerprint density at radius 1 is 1.05 bits per heavy atom. The molecule has 4 N–H and O–H groups in total. The third kappa shape index (κ3) is 7.50. The summed E-state index contributed by atoms with van der Waals surface area (Å²) >= 11 is 0. The molecule has 1 aliphatic rings. The summed E-state index contributed by atoms with van der Waals surface area (Å²) in [4.78, 5) is 12.0. The molecule has 0 unspecified atom stereocenters. The quantitative estimate of drug-likeness (QED) is 0.175. The van der Waals surface area contributed by atoms with Crippen LogP contribution >= 0.6 is 0 Å². The van der Waals surface area contributed by atoms with Crippen molar-refractivity contribution in [2.75, 3.05) is 11.9 Å². The Bertz CT molecular complexity index is 1550. The Morgan fingerprint density at radius 2 is 1.74 bits per heavy atom. The summed E-state index contributed by atoms with van der Waals surface area (Å²) in [5.74, 6) is 0.227. The Hall–Kier alpha value is -4.01. The molecule has 7 nitrogen and oxygen atoms in total. The highest BCUT2D eigenvalue weighted by atomic mass is 19.1. The number of carbonyl (C=O) groups excluding carboxylic acids is 1. The minimum Gasteiger partial charge on any atom is -0.390 e. The zero-order chi connectivity index (χ0) is 30.8. The summed E-state index contributed by atoms with van der Waals surface area (Å²) in [7, 11) is 1.85. The predicted molar refractivity (Wildman–Crippen MR) is 170 cm³/mol. The number of benzene rings is 3. The number of carbonyl (C=O) groups is 1. The first kappa shape index (κ1) is 30.4. The van der Waals surface area contributed by atoms with Crippen LogP contribution in [0.1, 0.15) is 57.2 Å². The van der Waals surface area contributed by atoms with Gasteiger partial charge in [0, 0.05) is 43.4 Å². The van der Waals surface area contributed by atoms with E-state index in [9.17, 15) is 14.3 Å². The molecule has 226 valence electrons. The molecule has 43 heavy (non-hydrogen) atoms. The average Bonchev–Trinajstić information content (AvgIpc) is 3.68. The number of aliphatic hydroxyl groups excluding tert-OH is 1. The standard InChI is InChI=1S/C35H42FN5O2/c1-23(42)38-30(32(43)22-37-35(17-18-35)27-8-6-7-26(20-27)34(2,3)4)19-24-9-15-29(16-10-24)39-33-21-31(41(5)40-33)25-11-13-28(36)14-12-25/h6-16,20-21,30,32,37,43H,17-19,22H2,1-5H3,(H,38,42)(H,39,40)/t30-,32+/m0/s1. The fraction of sp³-hybridized carbons (Fsp3) is 0.371. The van der Waals surface area contributed by atoms with Gasteiger partial charge in [0.05, 0.1) is 17.8 Å². The molecule has 2 atom stereocenters. The fourth-order valence-electron chi connectivity index (χ4n) is 5.51. The number of aliphatic hydroxyl groups is 1. The van der Waals surface area contributed by atoms with Crippen LogP contribution in [0.25, 0.3) is 11.3 Å². The number of rotatable bonds is 11. The van der Waals surface area contributed by atoms with E-state index in [0.29, 0.717) is 18.8 Å². The first-order valence-corrected chi connectivity index (χ1v) is 14.9. The zero-order valence-electron chi connectivity index (χ0n) is 25.6. The number of nitrogens with one attached hydrogen (secondary N) is 3. The van der Waals surface area contributed by atoms with E-state index in [1.165, 1.54) is 30.2 Å². The third-order valence-electron chi connectivity index (χ3n) is 8.24. The van der Waals surface area contributed by atoms with E-state index >= 15 is 0 Å². The molecule has 8 heteroatoms. The van der Waals surface area contributed by atoms with Crippen molar-refractivity contribution in [1.82, 2.24) is 20.4 Å². The molecular weight excluding hydrogens is 541 g/mol. The lowest BCUT2D eigenvalue weighted by atomic mass is 9.85. The molecule has 3 aromatic carbocycles. The Morgan fingerprint density at radius 3 is 2.37 bits per heavy atom. The number of aryl methyl sites for hydroxylation is 1. The molecule has 0 bridgehead atoms. The van der Waals surface area contributed by atoms with Gasteiger partial charge in [-0.2, -0.15) is 5.10 Å². The van der Waals surface area contributed by atoms with Gasteiger partial charge in [-0.25, -0.2) is 4.39 Å². The van der Waals surface area contributed by atoms with Gasteiger partial charge in [0.1, 0.15) is 5.82 Å². The van der Waals surface area contributed by atoms with Gasteiger partial charge in [-0.1, -0.05) is 57.2 Å². The molecule has 0 saturated heterocycles. The summed E-state index contributed by atoms with van der Waals surface area (Å²) in [6.07, 6.45) is 1.78. The molecule has 0 aliphatic heterocycles.